The molecule has 1 saturated heterocycles. The number of nitrogens with zero attached hydrogens (tertiary/aromatic N) is 5. The van der Waals surface area contributed by atoms with Crippen molar-refractivity contribution in [3.05, 3.63) is 41.9 Å². The van der Waals surface area contributed by atoms with Gasteiger partial charge in [-0.15, -0.1) is 11.3 Å². The van der Waals surface area contributed by atoms with E-state index in [1.165, 1.54) is 0 Å². The van der Waals surface area contributed by atoms with Crippen LogP contribution in [0.4, 0.5) is 0 Å². The molecule has 0 spiro atoms. The zero-order valence-corrected chi connectivity index (χ0v) is 13.4. The average Bonchev–Trinajstić information content (AvgIpc) is 3.30. The van der Waals surface area contributed by atoms with Gasteiger partial charge in [-0.2, -0.15) is 10.1 Å². The molecule has 3 aromatic rings. The first-order valence-electron chi connectivity index (χ1n) is 7.55. The van der Waals surface area contributed by atoms with Crippen molar-refractivity contribution >= 4 is 11.3 Å². The molecule has 1 aliphatic rings. The maximum atomic E-state index is 5.82. The minimum atomic E-state index is 0.128. The molecule has 1 fully saturated rings. The van der Waals surface area contributed by atoms with Crippen LogP contribution in [0.25, 0.3) is 10.7 Å². The second kappa shape index (κ2) is 6.61. The zero-order chi connectivity index (χ0) is 15.5. The van der Waals surface area contributed by atoms with E-state index in [2.05, 4.69) is 20.1 Å². The van der Waals surface area contributed by atoms with Crippen LogP contribution in [0.3, 0.4) is 0 Å². The van der Waals surface area contributed by atoms with Gasteiger partial charge < -0.3 is 9.26 Å². The highest BCUT2D eigenvalue weighted by Gasteiger charge is 2.23. The van der Waals surface area contributed by atoms with Crippen molar-refractivity contribution in [1.82, 2.24) is 24.8 Å². The van der Waals surface area contributed by atoms with E-state index in [1.54, 1.807) is 17.5 Å². The molecule has 0 saturated carbocycles. The predicted molar refractivity (Wildman–Crippen MR) is 84.9 cm³/mol. The lowest BCUT2D eigenvalue weighted by molar-refractivity contribution is -0.0426. The molecule has 4 rings (SSSR count). The number of aromatic nitrogens is 4. The first-order valence-corrected chi connectivity index (χ1v) is 8.42. The minimum absolute atomic E-state index is 0.128. The summed E-state index contributed by atoms with van der Waals surface area (Å²) in [7, 11) is 0. The van der Waals surface area contributed by atoms with Crippen molar-refractivity contribution in [3.63, 3.8) is 0 Å². The average molecular weight is 331 g/mol. The van der Waals surface area contributed by atoms with E-state index in [4.69, 9.17) is 9.26 Å². The highest BCUT2D eigenvalue weighted by molar-refractivity contribution is 7.13. The first kappa shape index (κ1) is 14.6. The standard InChI is InChI=1S/C15H17N5O2S/c1-3-13(23-8-1)15-17-14(22-18-15)11-19-6-7-21-12(9-19)10-20-5-2-4-16-20/h1-5,8,12H,6-7,9-11H2. The lowest BCUT2D eigenvalue weighted by Crippen LogP contribution is -2.43. The Hall–Kier alpha value is -2.03. The van der Waals surface area contributed by atoms with Gasteiger partial charge in [-0.05, 0) is 17.5 Å². The molecule has 0 N–H and O–H groups in total. The molecule has 1 aliphatic heterocycles. The van der Waals surface area contributed by atoms with Crippen molar-refractivity contribution in [2.24, 2.45) is 0 Å². The number of morpholine rings is 1. The lowest BCUT2D eigenvalue weighted by atomic mass is 10.2. The van der Waals surface area contributed by atoms with Crippen LogP contribution in [0, 0.1) is 0 Å². The van der Waals surface area contributed by atoms with E-state index in [0.29, 0.717) is 24.9 Å². The highest BCUT2D eigenvalue weighted by atomic mass is 32.1. The monoisotopic (exact) mass is 331 g/mol. The Balaban J connectivity index is 1.37. The third-order valence-corrected chi connectivity index (χ3v) is 4.61. The molecule has 0 amide bonds. The molecule has 0 radical (unpaired) electrons. The molecular weight excluding hydrogens is 314 g/mol. The minimum Gasteiger partial charge on any atom is -0.374 e. The van der Waals surface area contributed by atoms with Gasteiger partial charge in [0, 0.05) is 25.5 Å². The molecule has 1 atom stereocenters. The van der Waals surface area contributed by atoms with Gasteiger partial charge in [-0.25, -0.2) is 0 Å². The molecule has 1 unspecified atom stereocenters. The first-order chi connectivity index (χ1) is 11.4. The van der Waals surface area contributed by atoms with Gasteiger partial charge in [0.15, 0.2) is 0 Å². The summed E-state index contributed by atoms with van der Waals surface area (Å²) in [5, 5.41) is 10.3. The Morgan fingerprint density at radius 3 is 3.17 bits per heavy atom. The van der Waals surface area contributed by atoms with Gasteiger partial charge in [-0.1, -0.05) is 11.2 Å². The topological polar surface area (TPSA) is 69.2 Å². The van der Waals surface area contributed by atoms with Crippen molar-refractivity contribution in [1.29, 1.82) is 0 Å². The smallest absolute Gasteiger partial charge is 0.241 e. The molecule has 7 nitrogen and oxygen atoms in total. The Morgan fingerprint density at radius 2 is 2.35 bits per heavy atom. The molecule has 4 heterocycles. The van der Waals surface area contributed by atoms with Gasteiger partial charge in [0.2, 0.25) is 11.7 Å². The van der Waals surface area contributed by atoms with Gasteiger partial charge >= 0.3 is 0 Å². The molecule has 0 bridgehead atoms. The fourth-order valence-electron chi connectivity index (χ4n) is 2.67. The van der Waals surface area contributed by atoms with E-state index in [1.807, 2.05) is 34.5 Å². The molecule has 3 aromatic heterocycles. The Morgan fingerprint density at radius 1 is 1.35 bits per heavy atom. The fraction of sp³-hybridized carbons (Fsp3) is 0.400. The van der Waals surface area contributed by atoms with Crippen LogP contribution in [-0.2, 0) is 17.8 Å². The van der Waals surface area contributed by atoms with Crippen LogP contribution in [0.5, 0.6) is 0 Å². The van der Waals surface area contributed by atoms with Crippen molar-refractivity contribution in [3.8, 4) is 10.7 Å². The van der Waals surface area contributed by atoms with Gasteiger partial charge in [0.25, 0.3) is 0 Å². The molecule has 23 heavy (non-hydrogen) atoms. The highest BCUT2D eigenvalue weighted by Crippen LogP contribution is 2.21. The van der Waals surface area contributed by atoms with Gasteiger partial charge in [-0.3, -0.25) is 9.58 Å². The summed E-state index contributed by atoms with van der Waals surface area (Å²) >= 11 is 1.61. The van der Waals surface area contributed by atoms with E-state index in [9.17, 15) is 0 Å². The normalized spacial score (nSPS) is 19.2. The maximum absolute atomic E-state index is 5.82. The van der Waals surface area contributed by atoms with Crippen LogP contribution in [0.15, 0.2) is 40.5 Å². The fourth-order valence-corrected chi connectivity index (χ4v) is 3.32. The maximum Gasteiger partial charge on any atom is 0.241 e. The Labute approximate surface area is 137 Å². The van der Waals surface area contributed by atoms with E-state index in [0.717, 1.165) is 24.5 Å². The number of ether oxygens (including phenoxy) is 1. The summed E-state index contributed by atoms with van der Waals surface area (Å²) < 4.78 is 13.1. The molecular formula is C15H17N5O2S. The summed E-state index contributed by atoms with van der Waals surface area (Å²) in [6.07, 6.45) is 3.86. The van der Waals surface area contributed by atoms with E-state index < -0.39 is 0 Å². The number of rotatable bonds is 5. The third-order valence-electron chi connectivity index (χ3n) is 3.74. The molecule has 120 valence electrons. The summed E-state index contributed by atoms with van der Waals surface area (Å²) in [4.78, 5) is 7.79. The number of thiophene rings is 1. The van der Waals surface area contributed by atoms with E-state index in [-0.39, 0.29) is 6.10 Å². The van der Waals surface area contributed by atoms with Crippen LogP contribution in [0.2, 0.25) is 0 Å². The summed E-state index contributed by atoms with van der Waals surface area (Å²) in [6.45, 7) is 3.81. The Kier molecular flexibility index (Phi) is 4.18. The molecule has 0 aliphatic carbocycles. The van der Waals surface area contributed by atoms with Gasteiger partial charge in [0.1, 0.15) is 0 Å². The van der Waals surface area contributed by atoms with Gasteiger partial charge in [0.05, 0.1) is 30.7 Å². The third kappa shape index (κ3) is 3.49. The number of hydrogen-bond acceptors (Lipinski definition) is 7. The van der Waals surface area contributed by atoms with Crippen LogP contribution < -0.4 is 0 Å². The second-order valence-electron chi connectivity index (χ2n) is 5.45. The van der Waals surface area contributed by atoms with Crippen LogP contribution in [-0.4, -0.2) is 50.6 Å². The molecule has 8 heteroatoms. The van der Waals surface area contributed by atoms with Crippen molar-refractivity contribution < 1.29 is 9.26 Å². The van der Waals surface area contributed by atoms with Crippen molar-refractivity contribution in [2.75, 3.05) is 19.7 Å². The Bertz CT molecular complexity index is 725. The summed E-state index contributed by atoms with van der Waals surface area (Å²) in [6, 6.07) is 5.90. The van der Waals surface area contributed by atoms with Crippen LogP contribution in [0.1, 0.15) is 5.89 Å². The molecule has 0 aromatic carbocycles. The predicted octanol–water partition coefficient (Wildman–Crippen LogP) is 1.90. The summed E-state index contributed by atoms with van der Waals surface area (Å²) in [5.74, 6) is 1.31. The largest absolute Gasteiger partial charge is 0.374 e. The quantitative estimate of drug-likeness (QED) is 0.711. The van der Waals surface area contributed by atoms with E-state index >= 15 is 0 Å². The summed E-state index contributed by atoms with van der Waals surface area (Å²) in [5.41, 5.74) is 0. The van der Waals surface area contributed by atoms with Crippen molar-refractivity contribution in [2.45, 2.75) is 19.2 Å². The number of hydrogen-bond donors (Lipinski definition) is 0. The second-order valence-corrected chi connectivity index (χ2v) is 6.39. The SMILES string of the molecule is c1csc(-c2noc(CN3CCOC(Cn4cccn4)C3)n2)c1. The van der Waals surface area contributed by atoms with Crippen LogP contribution >= 0.6 is 11.3 Å². The zero-order valence-electron chi connectivity index (χ0n) is 12.5. The lowest BCUT2D eigenvalue weighted by Gasteiger charge is -2.31.